The summed E-state index contributed by atoms with van der Waals surface area (Å²) < 4.78 is 6.12. The predicted molar refractivity (Wildman–Crippen MR) is 111 cm³/mol. The minimum atomic E-state index is -0.0687. The average Bonchev–Trinajstić information content (AvgIpc) is 3.40. The number of nitrogen functional groups attached to an aromatic ring is 1. The lowest BCUT2D eigenvalue weighted by Crippen LogP contribution is -2.22. The summed E-state index contributed by atoms with van der Waals surface area (Å²) >= 11 is 0. The van der Waals surface area contributed by atoms with Crippen molar-refractivity contribution in [2.24, 2.45) is 4.99 Å². The minimum absolute atomic E-state index is 0.0269. The lowest BCUT2D eigenvalue weighted by atomic mass is 10.0. The fourth-order valence-corrected chi connectivity index (χ4v) is 2.66. The molecule has 27 heavy (non-hydrogen) atoms. The molecule has 1 aliphatic rings. The quantitative estimate of drug-likeness (QED) is 0.434. The highest BCUT2D eigenvalue weighted by atomic mass is 16.5. The summed E-state index contributed by atoms with van der Waals surface area (Å²) in [5.74, 6) is 0.732. The summed E-state index contributed by atoms with van der Waals surface area (Å²) in [6.45, 7) is 9.29. The number of nitrogens with two attached hydrogens (primary N) is 1. The number of nitrogens with one attached hydrogen (secondary N) is 2. The highest BCUT2D eigenvalue weighted by molar-refractivity contribution is 6.52. The number of hydrogen-bond donors (Lipinski definition) is 3. The molecule has 0 atom stereocenters. The molecule has 0 amide bonds. The molecule has 4 N–H and O–H groups in total. The number of ketones is 1. The number of hydrogen-bond acceptors (Lipinski definition) is 6. The molecule has 144 valence electrons. The van der Waals surface area contributed by atoms with E-state index >= 15 is 0 Å². The molecule has 0 aliphatic heterocycles. The van der Waals surface area contributed by atoms with Crippen molar-refractivity contribution in [1.29, 1.82) is 5.41 Å². The molecule has 0 bridgehead atoms. The fraction of sp³-hybridized carbons (Fsp3) is 0.381. The average molecular weight is 368 g/mol. The van der Waals surface area contributed by atoms with E-state index in [-0.39, 0.29) is 23.6 Å². The summed E-state index contributed by atoms with van der Waals surface area (Å²) in [6, 6.07) is 5.38. The number of ether oxygens (including phenoxy) is 1. The molecule has 1 aliphatic carbocycles. The number of allylic oxidation sites excluding steroid dienone is 2. The molecule has 6 heteroatoms. The van der Waals surface area contributed by atoms with Gasteiger partial charge in [-0.1, -0.05) is 13.5 Å². The third-order valence-corrected chi connectivity index (χ3v) is 4.54. The van der Waals surface area contributed by atoms with Crippen LogP contribution >= 0.6 is 0 Å². The van der Waals surface area contributed by atoms with Gasteiger partial charge in [0.1, 0.15) is 17.1 Å². The van der Waals surface area contributed by atoms with Crippen LogP contribution in [0.2, 0.25) is 0 Å². The molecule has 0 saturated heterocycles. The van der Waals surface area contributed by atoms with Gasteiger partial charge in [-0.25, -0.2) is 0 Å². The third-order valence-electron chi connectivity index (χ3n) is 4.54. The molecule has 0 heterocycles. The molecule has 2 rings (SSSR count). The van der Waals surface area contributed by atoms with Gasteiger partial charge in [0, 0.05) is 23.1 Å². The Bertz CT molecular complexity index is 804. The maximum absolute atomic E-state index is 11.1. The number of anilines is 1. The SMILES string of the molecule is C=CN=C(/C=C(\C)NCC(C)=O)C(=N)c1cc(OC2(CC)CC2)ccc1N. The van der Waals surface area contributed by atoms with Crippen molar-refractivity contribution in [3.05, 3.63) is 48.3 Å². The summed E-state index contributed by atoms with van der Waals surface area (Å²) in [4.78, 5) is 15.3. The smallest absolute Gasteiger partial charge is 0.148 e. The standard InChI is InChI=1S/C21H28N4O2/c1-5-21(9-10-21)27-16-7-8-18(22)17(12-16)20(23)19(24-6-2)11-14(3)25-13-15(4)26/h6-8,11-12,23,25H,2,5,9-10,13,22H2,1,3-4H3/b14-11+,23-20?,24-19?. The first-order valence-corrected chi connectivity index (χ1v) is 9.08. The van der Waals surface area contributed by atoms with E-state index in [1.54, 1.807) is 18.2 Å². The normalized spacial score (nSPS) is 15.8. The van der Waals surface area contributed by atoms with Gasteiger partial charge < -0.3 is 15.8 Å². The summed E-state index contributed by atoms with van der Waals surface area (Å²) in [6.07, 6.45) is 6.14. The van der Waals surface area contributed by atoms with Crippen molar-refractivity contribution in [1.82, 2.24) is 5.32 Å². The third kappa shape index (κ3) is 5.54. The van der Waals surface area contributed by atoms with Gasteiger partial charge in [0.2, 0.25) is 0 Å². The Morgan fingerprint density at radius 1 is 1.44 bits per heavy atom. The lowest BCUT2D eigenvalue weighted by molar-refractivity contribution is -0.116. The number of Topliss-reactive ketones (excluding diaryl/α,β-unsaturated/α-hetero) is 1. The molecular weight excluding hydrogens is 340 g/mol. The van der Waals surface area contributed by atoms with Gasteiger partial charge in [0.05, 0.1) is 18.0 Å². The largest absolute Gasteiger partial charge is 0.487 e. The zero-order chi connectivity index (χ0) is 20.0. The molecule has 1 saturated carbocycles. The minimum Gasteiger partial charge on any atom is -0.487 e. The Labute approximate surface area is 160 Å². The number of aliphatic imine (C=N–C) groups is 1. The van der Waals surface area contributed by atoms with Gasteiger partial charge in [0.15, 0.2) is 0 Å². The van der Waals surface area contributed by atoms with Crippen molar-refractivity contribution < 1.29 is 9.53 Å². The second-order valence-electron chi connectivity index (χ2n) is 6.84. The zero-order valence-corrected chi connectivity index (χ0v) is 16.3. The van der Waals surface area contributed by atoms with Gasteiger partial charge in [-0.15, -0.1) is 0 Å². The van der Waals surface area contributed by atoms with Crippen LogP contribution in [0.15, 0.2) is 47.7 Å². The van der Waals surface area contributed by atoms with Crippen LogP contribution in [-0.4, -0.2) is 29.4 Å². The van der Waals surface area contributed by atoms with Crippen molar-refractivity contribution in [3.63, 3.8) is 0 Å². The van der Waals surface area contributed by atoms with Gasteiger partial charge in [-0.2, -0.15) is 0 Å². The lowest BCUT2D eigenvalue weighted by Gasteiger charge is -2.18. The molecule has 1 fully saturated rings. The van der Waals surface area contributed by atoms with E-state index in [4.69, 9.17) is 15.9 Å². The van der Waals surface area contributed by atoms with Crippen LogP contribution in [0.25, 0.3) is 0 Å². The number of benzene rings is 1. The van der Waals surface area contributed by atoms with Gasteiger partial charge >= 0.3 is 0 Å². The van der Waals surface area contributed by atoms with Crippen molar-refractivity contribution >= 4 is 22.9 Å². The Morgan fingerprint density at radius 3 is 2.70 bits per heavy atom. The highest BCUT2D eigenvalue weighted by Gasteiger charge is 2.43. The van der Waals surface area contributed by atoms with Crippen LogP contribution in [0.1, 0.15) is 45.6 Å². The van der Waals surface area contributed by atoms with Crippen molar-refractivity contribution in [3.8, 4) is 5.75 Å². The summed E-state index contributed by atoms with van der Waals surface area (Å²) in [5, 5.41) is 11.6. The number of carbonyl (C=O) groups excluding carboxylic acids is 1. The van der Waals surface area contributed by atoms with Crippen LogP contribution in [0, 0.1) is 5.41 Å². The van der Waals surface area contributed by atoms with E-state index in [0.717, 1.165) is 25.0 Å². The molecule has 0 spiro atoms. The maximum Gasteiger partial charge on any atom is 0.148 e. The Kier molecular flexibility index (Phi) is 6.55. The van der Waals surface area contributed by atoms with Gasteiger partial charge in [-0.05, 0) is 57.4 Å². The first-order valence-electron chi connectivity index (χ1n) is 9.08. The monoisotopic (exact) mass is 368 g/mol. The molecular formula is C21H28N4O2. The predicted octanol–water partition coefficient (Wildman–Crippen LogP) is 3.62. The van der Waals surface area contributed by atoms with E-state index < -0.39 is 0 Å². The fourth-order valence-electron chi connectivity index (χ4n) is 2.66. The van der Waals surface area contributed by atoms with Crippen LogP contribution in [-0.2, 0) is 4.79 Å². The molecule has 1 aromatic rings. The Balaban J connectivity index is 2.27. The molecule has 1 aromatic carbocycles. The van der Waals surface area contributed by atoms with E-state index in [1.165, 1.54) is 13.1 Å². The highest BCUT2D eigenvalue weighted by Crippen LogP contribution is 2.43. The second-order valence-corrected chi connectivity index (χ2v) is 6.84. The topological polar surface area (TPSA) is 101 Å². The molecule has 0 unspecified atom stereocenters. The van der Waals surface area contributed by atoms with E-state index in [2.05, 4.69) is 23.8 Å². The Morgan fingerprint density at radius 2 is 2.15 bits per heavy atom. The van der Waals surface area contributed by atoms with Crippen LogP contribution in [0.4, 0.5) is 5.69 Å². The van der Waals surface area contributed by atoms with Gasteiger partial charge in [-0.3, -0.25) is 15.2 Å². The van der Waals surface area contributed by atoms with Crippen LogP contribution in [0.3, 0.4) is 0 Å². The molecule has 0 radical (unpaired) electrons. The zero-order valence-electron chi connectivity index (χ0n) is 16.3. The van der Waals surface area contributed by atoms with E-state index in [1.807, 2.05) is 13.0 Å². The van der Waals surface area contributed by atoms with Gasteiger partial charge in [0.25, 0.3) is 0 Å². The van der Waals surface area contributed by atoms with Crippen LogP contribution < -0.4 is 15.8 Å². The molecule has 6 nitrogen and oxygen atoms in total. The summed E-state index contributed by atoms with van der Waals surface area (Å²) in [5.41, 5.74) is 8.37. The number of carbonyl (C=O) groups is 1. The van der Waals surface area contributed by atoms with E-state index in [9.17, 15) is 4.79 Å². The number of nitrogens with zero attached hydrogens (tertiary/aromatic N) is 1. The molecule has 0 aromatic heterocycles. The first-order chi connectivity index (χ1) is 12.8. The van der Waals surface area contributed by atoms with E-state index in [0.29, 0.717) is 22.7 Å². The maximum atomic E-state index is 11.1. The number of rotatable bonds is 10. The van der Waals surface area contributed by atoms with Crippen molar-refractivity contribution in [2.75, 3.05) is 12.3 Å². The first kappa shape index (κ1) is 20.4. The van der Waals surface area contributed by atoms with Crippen molar-refractivity contribution in [2.45, 2.75) is 45.6 Å². The Hall–Kier alpha value is -2.89. The second kappa shape index (κ2) is 8.66. The summed E-state index contributed by atoms with van der Waals surface area (Å²) in [7, 11) is 0. The van der Waals surface area contributed by atoms with Crippen LogP contribution in [0.5, 0.6) is 5.75 Å².